The minimum atomic E-state index is -0.754. The minimum Gasteiger partial charge on any atom is -0.303 e. The molecule has 0 amide bonds. The van der Waals surface area contributed by atoms with Crippen LogP contribution < -0.4 is 0 Å². The summed E-state index contributed by atoms with van der Waals surface area (Å²) in [4.78, 5) is 9.97. The van der Waals surface area contributed by atoms with Crippen LogP contribution in [0.4, 0.5) is 0 Å². The molecule has 0 spiro atoms. The van der Waals surface area contributed by atoms with Crippen molar-refractivity contribution in [3.63, 3.8) is 0 Å². The van der Waals surface area contributed by atoms with Crippen molar-refractivity contribution in [3.05, 3.63) is 0 Å². The summed E-state index contributed by atoms with van der Waals surface area (Å²) in [5.74, 6) is 0. The van der Waals surface area contributed by atoms with Gasteiger partial charge in [-0.25, -0.2) is 0 Å². The number of carbonyl (C=O) groups is 1. The van der Waals surface area contributed by atoms with E-state index in [1.807, 2.05) is 0 Å². The Hall–Kier alpha value is -0.330. The smallest absolute Gasteiger partial charge is 0.119 e. The van der Waals surface area contributed by atoms with Crippen molar-refractivity contribution in [1.29, 1.82) is 0 Å². The first-order valence-corrected chi connectivity index (χ1v) is 2.89. The van der Waals surface area contributed by atoms with Gasteiger partial charge in [0.15, 0.2) is 0 Å². The fourth-order valence-electron chi connectivity index (χ4n) is 0.475. The normalized spacial score (nSPS) is 18.9. The fraction of sp³-hybridized carbons (Fsp3) is 0.857. The molecule has 0 aromatic rings. The van der Waals surface area contributed by atoms with Gasteiger partial charge < -0.3 is 4.79 Å². The lowest BCUT2D eigenvalue weighted by Gasteiger charge is -1.90. The number of unbranched alkanes of at least 4 members (excludes halogenated alkanes) is 1. The van der Waals surface area contributed by atoms with E-state index in [0.717, 1.165) is 12.8 Å². The maximum absolute atomic E-state index is 9.97. The van der Waals surface area contributed by atoms with Crippen LogP contribution in [0.3, 0.4) is 0 Å². The summed E-state index contributed by atoms with van der Waals surface area (Å²) in [6.45, 7) is -0.754. The van der Waals surface area contributed by atoms with Crippen LogP contribution in [0.1, 0.15) is 43.1 Å². The van der Waals surface area contributed by atoms with Crippen molar-refractivity contribution in [2.75, 3.05) is 0 Å². The summed E-state index contributed by atoms with van der Waals surface area (Å²) >= 11 is 0. The zero-order valence-corrected chi connectivity index (χ0v) is 4.97. The van der Waals surface area contributed by atoms with Crippen molar-refractivity contribution in [3.8, 4) is 0 Å². The second kappa shape index (κ2) is 6.67. The van der Waals surface area contributed by atoms with Gasteiger partial charge in [-0.2, -0.15) is 0 Å². The van der Waals surface area contributed by atoms with Crippen LogP contribution in [0.5, 0.6) is 0 Å². The van der Waals surface area contributed by atoms with Gasteiger partial charge in [-0.05, 0) is 6.42 Å². The van der Waals surface area contributed by atoms with Gasteiger partial charge in [0.1, 0.15) is 6.29 Å². The lowest BCUT2D eigenvalue weighted by molar-refractivity contribution is -0.107. The summed E-state index contributed by atoms with van der Waals surface area (Å²) < 4.78 is 20.8. The molecule has 0 radical (unpaired) electrons. The van der Waals surface area contributed by atoms with Gasteiger partial charge in [-0.15, -0.1) is 0 Å². The first kappa shape index (κ1) is 3.65. The summed E-state index contributed by atoms with van der Waals surface area (Å²) in [5.41, 5.74) is 0. The van der Waals surface area contributed by atoms with E-state index in [2.05, 4.69) is 0 Å². The molecule has 0 aromatic carbocycles. The highest BCUT2D eigenvalue weighted by Gasteiger charge is 1.83. The number of aldehydes is 1. The van der Waals surface area contributed by atoms with Gasteiger partial charge in [0.05, 0.1) is 0 Å². The summed E-state index contributed by atoms with van der Waals surface area (Å²) in [7, 11) is 0. The van der Waals surface area contributed by atoms with Gasteiger partial charge in [0, 0.05) is 10.5 Å². The van der Waals surface area contributed by atoms with Gasteiger partial charge in [-0.1, -0.05) is 26.1 Å². The van der Waals surface area contributed by atoms with E-state index in [4.69, 9.17) is 4.11 Å². The second-order valence-electron chi connectivity index (χ2n) is 1.66. The SMILES string of the molecule is [2H]C([2H])CCCCC([2H])C=O. The number of carbonyl (C=O) groups excluding carboxylic acids is 1. The van der Waals surface area contributed by atoms with Crippen LogP contribution in [-0.2, 0) is 4.79 Å². The largest absolute Gasteiger partial charge is 0.303 e. The van der Waals surface area contributed by atoms with Crippen LogP contribution in [0.2, 0.25) is 0 Å². The van der Waals surface area contributed by atoms with Crippen molar-refractivity contribution >= 4 is 6.29 Å². The highest BCUT2D eigenvalue weighted by Crippen LogP contribution is 1.99. The fourth-order valence-corrected chi connectivity index (χ4v) is 0.475. The molecule has 0 aliphatic heterocycles. The molecule has 8 heavy (non-hydrogen) atoms. The van der Waals surface area contributed by atoms with E-state index < -0.39 is 13.3 Å². The van der Waals surface area contributed by atoms with Gasteiger partial charge >= 0.3 is 0 Å². The van der Waals surface area contributed by atoms with Crippen LogP contribution in [0.15, 0.2) is 0 Å². The van der Waals surface area contributed by atoms with Crippen molar-refractivity contribution < 1.29 is 8.91 Å². The molecular formula is C7H14O. The van der Waals surface area contributed by atoms with E-state index in [0.29, 0.717) is 19.1 Å². The van der Waals surface area contributed by atoms with E-state index in [1.54, 1.807) is 0 Å². The van der Waals surface area contributed by atoms with E-state index in [9.17, 15) is 4.79 Å². The number of rotatable bonds is 5. The zero-order valence-electron chi connectivity index (χ0n) is 7.97. The molecule has 0 saturated heterocycles. The van der Waals surface area contributed by atoms with Gasteiger partial charge in [0.2, 0.25) is 0 Å². The molecule has 0 aliphatic carbocycles. The van der Waals surface area contributed by atoms with Gasteiger partial charge in [-0.3, -0.25) is 0 Å². The molecule has 0 bridgehead atoms. The maximum atomic E-state index is 9.97. The molecule has 0 aliphatic rings. The Bertz CT molecular complexity index is 106. The third kappa shape index (κ3) is 5.67. The molecule has 1 heteroatoms. The Kier molecular flexibility index (Phi) is 3.04. The average Bonchev–Trinajstić information content (AvgIpc) is 1.97. The quantitative estimate of drug-likeness (QED) is 0.398. The third-order valence-corrected chi connectivity index (χ3v) is 0.921. The Morgan fingerprint density at radius 3 is 3.12 bits per heavy atom. The lowest BCUT2D eigenvalue weighted by atomic mass is 10.2. The van der Waals surface area contributed by atoms with E-state index in [-0.39, 0.29) is 0 Å². The van der Waals surface area contributed by atoms with Gasteiger partial charge in [0.25, 0.3) is 0 Å². The van der Waals surface area contributed by atoms with Crippen molar-refractivity contribution in [2.45, 2.75) is 39.0 Å². The zero-order chi connectivity index (χ0) is 8.69. The molecule has 1 nitrogen and oxygen atoms in total. The van der Waals surface area contributed by atoms with Crippen LogP contribution in [0, 0.1) is 0 Å². The predicted octanol–water partition coefficient (Wildman–Crippen LogP) is 2.16. The first-order valence-electron chi connectivity index (χ1n) is 4.62. The average molecular weight is 117 g/mol. The molecule has 0 aromatic heterocycles. The standard InChI is InChI=1S/C7H14O/c1-2-3-4-5-6-7-8/h7H,2-6H2,1H3/i1D2,6D. The predicted molar refractivity (Wildman–Crippen MR) is 34.8 cm³/mol. The van der Waals surface area contributed by atoms with Crippen molar-refractivity contribution in [1.82, 2.24) is 0 Å². The summed E-state index contributed by atoms with van der Waals surface area (Å²) in [6.07, 6.45) is 2.69. The first-order chi connectivity index (χ1) is 5.16. The molecule has 0 heterocycles. The number of hydrogen-bond acceptors (Lipinski definition) is 1. The molecule has 0 fully saturated rings. The maximum Gasteiger partial charge on any atom is 0.119 e. The molecule has 1 atom stereocenters. The van der Waals surface area contributed by atoms with Crippen LogP contribution in [0.25, 0.3) is 0 Å². The van der Waals surface area contributed by atoms with Crippen LogP contribution >= 0.6 is 0 Å². The van der Waals surface area contributed by atoms with E-state index in [1.165, 1.54) is 0 Å². The molecule has 0 rings (SSSR count). The highest BCUT2D eigenvalue weighted by molar-refractivity contribution is 5.48. The Morgan fingerprint density at radius 1 is 1.62 bits per heavy atom. The Balaban J connectivity index is 3.07. The lowest BCUT2D eigenvalue weighted by Crippen LogP contribution is -1.76. The van der Waals surface area contributed by atoms with Crippen molar-refractivity contribution in [2.24, 2.45) is 0 Å². The molecular weight excluding hydrogens is 100 g/mol. The monoisotopic (exact) mass is 117 g/mol. The third-order valence-electron chi connectivity index (χ3n) is 0.921. The molecule has 48 valence electrons. The summed E-state index contributed by atoms with van der Waals surface area (Å²) in [6, 6.07) is 0. The minimum absolute atomic E-state index is 0.547. The topological polar surface area (TPSA) is 17.1 Å². The summed E-state index contributed by atoms with van der Waals surface area (Å²) in [5, 5.41) is 0. The number of hydrogen-bond donors (Lipinski definition) is 0. The molecule has 1 unspecified atom stereocenters. The second-order valence-corrected chi connectivity index (χ2v) is 1.66. The highest BCUT2D eigenvalue weighted by atomic mass is 16.1. The Labute approximate surface area is 55.3 Å². The van der Waals surface area contributed by atoms with E-state index >= 15 is 0 Å². The molecule has 0 saturated carbocycles. The van der Waals surface area contributed by atoms with Crippen LogP contribution in [-0.4, -0.2) is 6.29 Å². The molecule has 0 N–H and O–H groups in total. The Morgan fingerprint density at radius 2 is 2.50 bits per heavy atom.